The molecule has 0 aliphatic rings. The van der Waals surface area contributed by atoms with Gasteiger partial charge in [-0.25, -0.2) is 0 Å². The van der Waals surface area contributed by atoms with Crippen molar-refractivity contribution in [3.63, 3.8) is 0 Å². The van der Waals surface area contributed by atoms with Crippen molar-refractivity contribution in [2.75, 3.05) is 28.3 Å². The largest absolute Gasteiger partial charge is 0.388 e. The van der Waals surface area contributed by atoms with E-state index in [1.54, 1.807) is 39.4 Å². The Morgan fingerprint density at radius 3 is 2.27 bits per heavy atom. The first-order chi connectivity index (χ1) is 14.4. The van der Waals surface area contributed by atoms with Gasteiger partial charge in [-0.3, -0.25) is 4.79 Å². The molecule has 0 saturated carbocycles. The Balaban J connectivity index is 0.000000826. The minimum absolute atomic E-state index is 0.0982. The smallest absolute Gasteiger partial charge is 0.221 e. The van der Waals surface area contributed by atoms with E-state index in [-0.39, 0.29) is 11.4 Å². The number of halogens is 1. The third kappa shape index (κ3) is 5.89. The fourth-order valence-electron chi connectivity index (χ4n) is 2.75. The Kier molecular flexibility index (Phi) is 10.2. The van der Waals surface area contributed by atoms with Gasteiger partial charge in [-0.15, -0.1) is 0 Å². The summed E-state index contributed by atoms with van der Waals surface area (Å²) in [6, 6.07) is 19.3. The average Bonchev–Trinajstić information content (AvgIpc) is 3.15. The average molecular weight is 470 g/mol. The molecule has 0 radical (unpaired) electrons. The molecule has 0 atom stereocenters. The Bertz CT molecular complexity index is 1050. The van der Waals surface area contributed by atoms with E-state index in [9.17, 15) is 10.1 Å². The quantitative estimate of drug-likeness (QED) is 0.316. The second kappa shape index (κ2) is 12.4. The molecule has 0 bridgehead atoms. The lowest BCUT2D eigenvalue weighted by Crippen LogP contribution is -2.12. The van der Waals surface area contributed by atoms with Gasteiger partial charge in [0.1, 0.15) is 18.4 Å². The zero-order valence-electron chi connectivity index (χ0n) is 17.4. The molecule has 0 amide bonds. The minimum Gasteiger partial charge on any atom is -0.388 e. The molecule has 156 valence electrons. The molecule has 1 heterocycles. The highest BCUT2D eigenvalue weighted by molar-refractivity contribution is 9.10. The molecule has 30 heavy (non-hydrogen) atoms. The second-order valence-electron chi connectivity index (χ2n) is 6.23. The lowest BCUT2D eigenvalue weighted by Gasteiger charge is -2.11. The van der Waals surface area contributed by atoms with Gasteiger partial charge in [0.2, 0.25) is 5.78 Å². The highest BCUT2D eigenvalue weighted by Crippen LogP contribution is 2.31. The van der Waals surface area contributed by atoms with Crippen LogP contribution in [0.1, 0.15) is 10.5 Å². The van der Waals surface area contributed by atoms with Crippen molar-refractivity contribution in [1.29, 1.82) is 5.26 Å². The van der Waals surface area contributed by atoms with Gasteiger partial charge in [0.15, 0.2) is 0 Å². The van der Waals surface area contributed by atoms with Gasteiger partial charge < -0.3 is 19.0 Å². The van der Waals surface area contributed by atoms with Crippen molar-refractivity contribution < 1.29 is 14.3 Å². The molecule has 7 heteroatoms. The summed E-state index contributed by atoms with van der Waals surface area (Å²) < 4.78 is 7.05. The summed E-state index contributed by atoms with van der Waals surface area (Å²) in [6.45, 7) is 2.00. The molecule has 0 unspecified atom stereocenters. The van der Waals surface area contributed by atoms with Crippen LogP contribution in [0.4, 0.5) is 0 Å². The van der Waals surface area contributed by atoms with E-state index >= 15 is 0 Å². The number of ketones is 1. The van der Waals surface area contributed by atoms with Gasteiger partial charge in [0.25, 0.3) is 0 Å². The van der Waals surface area contributed by atoms with Crippen molar-refractivity contribution in [3.8, 4) is 11.8 Å². The summed E-state index contributed by atoms with van der Waals surface area (Å²) in [4.78, 5) is 22.7. The van der Waals surface area contributed by atoms with Crippen molar-refractivity contribution >= 4 is 39.4 Å². The van der Waals surface area contributed by atoms with Crippen molar-refractivity contribution in [3.05, 3.63) is 76.5 Å². The number of benzene rings is 2. The van der Waals surface area contributed by atoms with Gasteiger partial charge in [-0.2, -0.15) is 5.26 Å². The molecule has 1 aromatic heterocycles. The number of fused-ring (bicyclic) bond motifs is 1. The van der Waals surface area contributed by atoms with Gasteiger partial charge in [-0.1, -0.05) is 40.2 Å². The third-order valence-electron chi connectivity index (χ3n) is 3.79. The first-order valence-corrected chi connectivity index (χ1v) is 9.61. The first-order valence-electron chi connectivity index (χ1n) is 8.82. The Morgan fingerprint density at radius 1 is 1.13 bits per heavy atom. The maximum absolute atomic E-state index is 13.0. The number of hydrogen-bond donors (Lipinski definition) is 0. The van der Waals surface area contributed by atoms with Crippen LogP contribution < -0.4 is 0 Å². The number of nitriles is 1. The predicted octanol–water partition coefficient (Wildman–Crippen LogP) is 4.62. The number of ether oxygens (including phenoxy) is 1. The highest BCUT2D eigenvalue weighted by Gasteiger charge is 2.21. The number of hydrogen-bond acceptors (Lipinski definition) is 5. The first kappa shape index (κ1) is 24.8. The van der Waals surface area contributed by atoms with Crippen LogP contribution in [0, 0.1) is 11.3 Å². The molecule has 0 saturated heterocycles. The Morgan fingerprint density at radius 2 is 1.73 bits per heavy atom. The van der Waals surface area contributed by atoms with Crippen molar-refractivity contribution in [1.82, 2.24) is 9.47 Å². The number of aromatic nitrogens is 1. The monoisotopic (exact) mass is 469 g/mol. The normalized spacial score (nSPS) is 10.2. The van der Waals surface area contributed by atoms with E-state index in [1.165, 1.54) is 0 Å². The predicted molar refractivity (Wildman–Crippen MR) is 123 cm³/mol. The van der Waals surface area contributed by atoms with Crippen molar-refractivity contribution in [2.45, 2.75) is 0 Å². The minimum atomic E-state index is -0.303. The molecule has 0 N–H and O–H groups in total. The van der Waals surface area contributed by atoms with E-state index in [2.05, 4.69) is 20.7 Å². The second-order valence-corrected chi connectivity index (χ2v) is 7.08. The molecular formula is C23H24BrN3O3. The van der Waals surface area contributed by atoms with Crippen molar-refractivity contribution in [2.24, 2.45) is 0 Å². The van der Waals surface area contributed by atoms with Crippen LogP contribution in [0.3, 0.4) is 0 Å². The van der Waals surface area contributed by atoms with E-state index in [0.717, 1.165) is 21.1 Å². The summed E-state index contributed by atoms with van der Waals surface area (Å²) in [5.74, 6) is -0.303. The summed E-state index contributed by atoms with van der Waals surface area (Å²) >= 11 is 3.55. The number of allylic oxidation sites excluding steroid dienone is 1. The summed E-state index contributed by atoms with van der Waals surface area (Å²) in [6.07, 6.45) is 1.55. The van der Waals surface area contributed by atoms with Crippen LogP contribution in [0.25, 0.3) is 16.6 Å². The van der Waals surface area contributed by atoms with E-state index in [4.69, 9.17) is 4.79 Å². The molecule has 2 aromatic carbocycles. The van der Waals surface area contributed by atoms with Crippen LogP contribution in [0.2, 0.25) is 0 Å². The van der Waals surface area contributed by atoms with E-state index in [1.807, 2.05) is 72.0 Å². The molecule has 3 aromatic rings. The molecule has 0 spiro atoms. The molecule has 0 aliphatic carbocycles. The molecular weight excluding hydrogens is 446 g/mol. The van der Waals surface area contributed by atoms with Crippen LogP contribution in [0.5, 0.6) is 0 Å². The van der Waals surface area contributed by atoms with Gasteiger partial charge in [0.05, 0.1) is 11.2 Å². The third-order valence-corrected chi connectivity index (χ3v) is 4.48. The van der Waals surface area contributed by atoms with Gasteiger partial charge in [0, 0.05) is 50.1 Å². The topological polar surface area (TPSA) is 75.3 Å². The number of carbonyl (C=O) groups excluding carboxylic acids is 2. The lowest BCUT2D eigenvalue weighted by molar-refractivity contribution is -0.0980. The summed E-state index contributed by atoms with van der Waals surface area (Å²) in [5, 5.41) is 10.3. The van der Waals surface area contributed by atoms with E-state index in [0.29, 0.717) is 5.69 Å². The number of nitrogens with zero attached hydrogens (tertiary/aromatic N) is 3. The van der Waals surface area contributed by atoms with Crippen LogP contribution in [-0.2, 0) is 9.53 Å². The standard InChI is InChI=1S/C20H16BrN3O.C2H6O.CH2O/c1-23(2)13-14(12-22)20(25)19-11-16-17(21)9-6-10-18(16)24(19)15-7-4-3-5-8-15;1-3-2;1-2/h3-11,13H,1-2H3;1-2H3;1H2/b14-13+;;. The maximum atomic E-state index is 13.0. The van der Waals surface area contributed by atoms with Gasteiger partial charge >= 0.3 is 0 Å². The highest BCUT2D eigenvalue weighted by atomic mass is 79.9. The Labute approximate surface area is 185 Å². The number of rotatable bonds is 4. The van der Waals surface area contributed by atoms with Crippen LogP contribution in [-0.4, -0.2) is 50.4 Å². The fourth-order valence-corrected chi connectivity index (χ4v) is 3.22. The maximum Gasteiger partial charge on any atom is 0.221 e. The number of Topliss-reactive ketones (excluding diaryl/α,β-unsaturated/α-hetero) is 1. The summed E-state index contributed by atoms with van der Waals surface area (Å²) in [7, 11) is 6.82. The zero-order chi connectivity index (χ0) is 22.7. The SMILES string of the molecule is C=O.CN(C)/C=C(\C#N)C(=O)c1cc2c(Br)cccc2n1-c1ccccc1.COC. The van der Waals surface area contributed by atoms with Gasteiger partial charge in [-0.05, 0) is 30.3 Å². The molecule has 0 fully saturated rings. The molecule has 3 rings (SSSR count). The van der Waals surface area contributed by atoms with E-state index < -0.39 is 0 Å². The Hall–Kier alpha value is -3.21. The zero-order valence-corrected chi connectivity index (χ0v) is 19.0. The number of carbonyl (C=O) groups is 2. The fraction of sp³-hybridized carbons (Fsp3) is 0.174. The number of methoxy groups -OCH3 is 1. The molecule has 0 aliphatic heterocycles. The summed E-state index contributed by atoms with van der Waals surface area (Å²) in [5.41, 5.74) is 2.34. The van der Waals surface area contributed by atoms with Crippen LogP contribution >= 0.6 is 15.9 Å². The van der Waals surface area contributed by atoms with Crippen LogP contribution in [0.15, 0.2) is 70.8 Å². The lowest BCUT2D eigenvalue weighted by atomic mass is 10.1. The molecule has 6 nitrogen and oxygen atoms in total. The number of para-hydroxylation sites is 1.